The third-order valence-corrected chi connectivity index (χ3v) is 7.77. The van der Waals surface area contributed by atoms with Crippen LogP contribution in [0.25, 0.3) is 0 Å². The van der Waals surface area contributed by atoms with E-state index in [-0.39, 0.29) is 12.5 Å². The smallest absolute Gasteiger partial charge is 0.220 e. The largest absolute Gasteiger partial charge is 0.394 e. The first kappa shape index (κ1) is 37.1. The number of hydrogen-bond donors (Lipinski definition) is 3. The first-order chi connectivity index (χ1) is 18.7. The van der Waals surface area contributed by atoms with Crippen LogP contribution in [0.1, 0.15) is 181 Å². The van der Waals surface area contributed by atoms with Crippen molar-refractivity contribution in [1.29, 1.82) is 0 Å². The number of amides is 1. The number of carbonyl (C=O) groups excluding carboxylic acids is 1. The van der Waals surface area contributed by atoms with Crippen LogP contribution in [0.3, 0.4) is 0 Å². The fourth-order valence-corrected chi connectivity index (χ4v) is 5.12. The predicted molar refractivity (Wildman–Crippen MR) is 166 cm³/mol. The summed E-state index contributed by atoms with van der Waals surface area (Å²) in [6.45, 7) is 4.29. The Kier molecular flexibility index (Phi) is 30.0. The first-order valence-corrected chi connectivity index (χ1v) is 16.9. The van der Waals surface area contributed by atoms with E-state index in [4.69, 9.17) is 0 Å². The molecule has 0 radical (unpaired) electrons. The van der Waals surface area contributed by atoms with Gasteiger partial charge >= 0.3 is 0 Å². The van der Waals surface area contributed by atoms with Crippen molar-refractivity contribution in [2.75, 3.05) is 6.61 Å². The van der Waals surface area contributed by atoms with Crippen LogP contribution >= 0.6 is 0 Å². The highest BCUT2D eigenvalue weighted by atomic mass is 16.3. The number of aliphatic hydroxyl groups excluding tert-OH is 2. The minimum atomic E-state index is -0.830. The summed E-state index contributed by atoms with van der Waals surface area (Å²) in [6, 6.07) is -0.613. The van der Waals surface area contributed by atoms with E-state index in [0.717, 1.165) is 25.7 Å². The lowest BCUT2D eigenvalue weighted by atomic mass is 10.0. The fraction of sp³-hybridized carbons (Fsp3) is 0.912. The van der Waals surface area contributed by atoms with Gasteiger partial charge in [0.25, 0.3) is 0 Å². The Morgan fingerprint density at radius 2 is 0.974 bits per heavy atom. The first-order valence-electron chi connectivity index (χ1n) is 16.9. The SMILES string of the molecule is CCCCCCCCCCCC/C=C/[C@@H](O)[C@H](CO)NC(=O)CCCCCCCCCCCCCCCC. The van der Waals surface area contributed by atoms with Gasteiger partial charge in [-0.3, -0.25) is 4.79 Å². The molecule has 4 nitrogen and oxygen atoms in total. The van der Waals surface area contributed by atoms with Crippen LogP contribution in [0.15, 0.2) is 12.2 Å². The fourth-order valence-electron chi connectivity index (χ4n) is 5.12. The number of carbonyl (C=O) groups is 1. The van der Waals surface area contributed by atoms with Gasteiger partial charge in [0, 0.05) is 6.42 Å². The molecule has 0 aliphatic carbocycles. The van der Waals surface area contributed by atoms with Gasteiger partial charge in [-0.1, -0.05) is 167 Å². The van der Waals surface area contributed by atoms with E-state index < -0.39 is 12.1 Å². The van der Waals surface area contributed by atoms with Crippen molar-refractivity contribution in [1.82, 2.24) is 5.32 Å². The molecule has 0 rings (SSSR count). The highest BCUT2D eigenvalue weighted by Crippen LogP contribution is 2.14. The Morgan fingerprint density at radius 1 is 0.605 bits per heavy atom. The van der Waals surface area contributed by atoms with Crippen LogP contribution in [0.4, 0.5) is 0 Å². The van der Waals surface area contributed by atoms with Gasteiger partial charge in [0.05, 0.1) is 18.8 Å². The van der Waals surface area contributed by atoms with Crippen LogP contribution in [-0.4, -0.2) is 34.9 Å². The van der Waals surface area contributed by atoms with E-state index in [2.05, 4.69) is 19.2 Å². The normalized spacial score (nSPS) is 13.3. The molecule has 226 valence electrons. The monoisotopic (exact) mass is 538 g/mol. The Morgan fingerprint density at radius 3 is 1.37 bits per heavy atom. The average molecular weight is 538 g/mol. The molecule has 0 bridgehead atoms. The molecule has 0 aromatic carbocycles. The molecule has 0 fully saturated rings. The zero-order valence-electron chi connectivity index (χ0n) is 25.7. The van der Waals surface area contributed by atoms with Gasteiger partial charge in [0.1, 0.15) is 0 Å². The maximum absolute atomic E-state index is 12.3. The van der Waals surface area contributed by atoms with Gasteiger partial charge < -0.3 is 15.5 Å². The van der Waals surface area contributed by atoms with Crippen LogP contribution < -0.4 is 5.32 Å². The standard InChI is InChI=1S/C34H67NO3/c1-3-5-7-9-11-13-15-17-18-20-22-24-26-28-30-34(38)35-32(31-36)33(37)29-27-25-23-21-19-16-14-12-10-8-6-4-2/h27,29,32-33,36-37H,3-26,28,30-31H2,1-2H3,(H,35,38)/b29-27+/t32-,33+/m0/s1. The lowest BCUT2D eigenvalue weighted by molar-refractivity contribution is -0.123. The van der Waals surface area contributed by atoms with E-state index in [1.807, 2.05) is 6.08 Å². The highest BCUT2D eigenvalue weighted by Gasteiger charge is 2.17. The molecule has 0 spiro atoms. The number of rotatable bonds is 30. The number of nitrogens with one attached hydrogen (secondary N) is 1. The molecule has 38 heavy (non-hydrogen) atoms. The molecule has 3 N–H and O–H groups in total. The number of hydrogen-bond acceptors (Lipinski definition) is 3. The predicted octanol–water partition coefficient (Wildman–Crippen LogP) is 9.56. The van der Waals surface area contributed by atoms with Crippen LogP contribution in [0.2, 0.25) is 0 Å². The topological polar surface area (TPSA) is 69.6 Å². The van der Waals surface area contributed by atoms with Crippen molar-refractivity contribution in [3.63, 3.8) is 0 Å². The van der Waals surface area contributed by atoms with Crippen molar-refractivity contribution in [3.8, 4) is 0 Å². The molecule has 2 atom stereocenters. The maximum Gasteiger partial charge on any atom is 0.220 e. The summed E-state index contributed by atoms with van der Waals surface area (Å²) in [5.41, 5.74) is 0. The minimum Gasteiger partial charge on any atom is -0.394 e. The number of allylic oxidation sites excluding steroid dienone is 1. The number of unbranched alkanes of at least 4 members (excludes halogenated alkanes) is 23. The third kappa shape index (κ3) is 26.7. The van der Waals surface area contributed by atoms with Gasteiger partial charge in [-0.25, -0.2) is 0 Å². The Hall–Kier alpha value is -0.870. The van der Waals surface area contributed by atoms with E-state index in [1.54, 1.807) is 6.08 Å². The minimum absolute atomic E-state index is 0.0647. The van der Waals surface area contributed by atoms with Crippen molar-refractivity contribution in [3.05, 3.63) is 12.2 Å². The van der Waals surface area contributed by atoms with Crippen LogP contribution in [-0.2, 0) is 4.79 Å². The van der Waals surface area contributed by atoms with Gasteiger partial charge in [-0.15, -0.1) is 0 Å². The molecule has 0 unspecified atom stereocenters. The zero-order chi connectivity index (χ0) is 27.9. The van der Waals surface area contributed by atoms with Gasteiger partial charge in [-0.2, -0.15) is 0 Å². The Bertz CT molecular complexity index is 508. The van der Waals surface area contributed by atoms with Crippen molar-refractivity contribution >= 4 is 5.91 Å². The van der Waals surface area contributed by atoms with Crippen molar-refractivity contribution < 1.29 is 15.0 Å². The van der Waals surface area contributed by atoms with Crippen LogP contribution in [0, 0.1) is 0 Å². The van der Waals surface area contributed by atoms with Crippen LogP contribution in [0.5, 0.6) is 0 Å². The molecule has 0 saturated heterocycles. The summed E-state index contributed by atoms with van der Waals surface area (Å²) in [4.78, 5) is 12.3. The second kappa shape index (κ2) is 30.7. The lowest BCUT2D eigenvalue weighted by Gasteiger charge is -2.20. The highest BCUT2D eigenvalue weighted by molar-refractivity contribution is 5.76. The van der Waals surface area contributed by atoms with E-state index >= 15 is 0 Å². The Balaban J connectivity index is 3.62. The molecule has 4 heteroatoms. The van der Waals surface area contributed by atoms with E-state index in [1.165, 1.54) is 135 Å². The van der Waals surface area contributed by atoms with Crippen molar-refractivity contribution in [2.45, 2.75) is 193 Å². The summed E-state index contributed by atoms with van der Waals surface area (Å²) < 4.78 is 0. The molecule has 0 saturated carbocycles. The molecule has 0 aromatic heterocycles. The molecule has 0 aliphatic heterocycles. The molecule has 1 amide bonds. The Labute approximate surface area is 237 Å². The summed E-state index contributed by atoms with van der Waals surface area (Å²) in [5, 5.41) is 22.8. The molecule has 0 heterocycles. The zero-order valence-corrected chi connectivity index (χ0v) is 25.7. The maximum atomic E-state index is 12.3. The van der Waals surface area contributed by atoms with Gasteiger partial charge in [0.15, 0.2) is 0 Å². The summed E-state index contributed by atoms with van der Waals surface area (Å²) in [5.74, 6) is -0.0647. The molecule has 0 aromatic rings. The number of aliphatic hydroxyl groups is 2. The molecule has 0 aliphatic rings. The van der Waals surface area contributed by atoms with Gasteiger partial charge in [-0.05, 0) is 19.3 Å². The van der Waals surface area contributed by atoms with E-state index in [0.29, 0.717) is 6.42 Å². The quantitative estimate of drug-likeness (QED) is 0.0631. The third-order valence-electron chi connectivity index (χ3n) is 7.77. The average Bonchev–Trinajstić information content (AvgIpc) is 2.92. The second-order valence-corrected chi connectivity index (χ2v) is 11.6. The summed E-state index contributed by atoms with van der Waals surface area (Å²) in [7, 11) is 0. The molecular formula is C34H67NO3. The summed E-state index contributed by atoms with van der Waals surface area (Å²) in [6.07, 6.45) is 35.7. The molecular weight excluding hydrogens is 470 g/mol. The van der Waals surface area contributed by atoms with Crippen molar-refractivity contribution in [2.24, 2.45) is 0 Å². The lowest BCUT2D eigenvalue weighted by Crippen LogP contribution is -2.45. The van der Waals surface area contributed by atoms with Gasteiger partial charge in [0.2, 0.25) is 5.91 Å². The summed E-state index contributed by atoms with van der Waals surface area (Å²) >= 11 is 0. The second-order valence-electron chi connectivity index (χ2n) is 11.6. The van der Waals surface area contributed by atoms with E-state index in [9.17, 15) is 15.0 Å².